The van der Waals surface area contributed by atoms with E-state index in [1.165, 1.54) is 34.6 Å². The molecule has 0 aliphatic carbocycles. The van der Waals surface area contributed by atoms with Crippen LogP contribution in [0.5, 0.6) is 17.2 Å². The number of hydrogen-bond donors (Lipinski definition) is 2. The zero-order valence-electron chi connectivity index (χ0n) is 27.6. The van der Waals surface area contributed by atoms with Crippen LogP contribution in [-0.2, 0) is 37.3 Å². The number of amides is 1. The van der Waals surface area contributed by atoms with Crippen molar-refractivity contribution in [1.82, 2.24) is 9.62 Å². The molecule has 3 aromatic rings. The molecule has 3 heterocycles. The fourth-order valence-electron chi connectivity index (χ4n) is 6.19. The molecule has 12 nitrogen and oxygen atoms in total. The summed E-state index contributed by atoms with van der Waals surface area (Å²) in [5.41, 5.74) is 1.00. The molecule has 15 heteroatoms. The predicted octanol–water partition coefficient (Wildman–Crippen LogP) is 4.38. The zero-order chi connectivity index (χ0) is 35.4. The average molecular weight is 719 g/mol. The normalized spacial score (nSPS) is 20.9. The first-order valence-corrected chi connectivity index (χ1v) is 17.8. The first kappa shape index (κ1) is 35.8. The minimum Gasteiger partial charge on any atom is -0.489 e. The Hall–Kier alpha value is -4.02. The number of aliphatic hydroxyl groups is 1. The summed E-state index contributed by atoms with van der Waals surface area (Å²) >= 11 is 0. The molecule has 0 spiro atoms. The second kappa shape index (κ2) is 15.5. The molecule has 3 aliphatic rings. The van der Waals surface area contributed by atoms with Gasteiger partial charge < -0.3 is 38.8 Å². The maximum absolute atomic E-state index is 13.9. The Labute approximate surface area is 289 Å². The van der Waals surface area contributed by atoms with Gasteiger partial charge in [0.05, 0.1) is 36.2 Å². The van der Waals surface area contributed by atoms with E-state index in [4.69, 9.17) is 28.4 Å². The summed E-state index contributed by atoms with van der Waals surface area (Å²) in [6.45, 7) is 4.07. The van der Waals surface area contributed by atoms with Crippen molar-refractivity contribution >= 4 is 16.1 Å². The lowest BCUT2D eigenvalue weighted by Gasteiger charge is -2.31. The number of sulfonamides is 1. The zero-order valence-corrected chi connectivity index (χ0v) is 28.4. The highest BCUT2D eigenvalue weighted by molar-refractivity contribution is 7.89. The van der Waals surface area contributed by atoms with Crippen molar-refractivity contribution in [3.05, 3.63) is 83.4 Å². The van der Waals surface area contributed by atoms with Gasteiger partial charge in [-0.25, -0.2) is 22.0 Å². The summed E-state index contributed by atoms with van der Waals surface area (Å²) in [5.74, 6) is -0.444. The number of carbonyl (C=O) groups excluding carboxylic acids is 1. The Morgan fingerprint density at radius 1 is 0.980 bits per heavy atom. The highest BCUT2D eigenvalue weighted by Gasteiger charge is 2.44. The lowest BCUT2D eigenvalue weighted by Crippen LogP contribution is -2.51. The summed E-state index contributed by atoms with van der Waals surface area (Å²) in [5, 5.41) is 14.4. The number of alkyl carbamates (subject to hydrolysis) is 1. The van der Waals surface area contributed by atoms with Crippen LogP contribution in [0.15, 0.2) is 65.6 Å². The Balaban J connectivity index is 1.18. The van der Waals surface area contributed by atoms with E-state index in [2.05, 4.69) is 5.32 Å². The van der Waals surface area contributed by atoms with Crippen molar-refractivity contribution in [2.45, 2.75) is 62.7 Å². The molecule has 0 aromatic heterocycles. The van der Waals surface area contributed by atoms with Gasteiger partial charge in [0, 0.05) is 25.2 Å². The number of aliphatic hydroxyl groups excluding tert-OH is 1. The summed E-state index contributed by atoms with van der Waals surface area (Å²) < 4.78 is 89.4. The molecule has 3 aromatic carbocycles. The second-order valence-electron chi connectivity index (χ2n) is 12.9. The third-order valence-corrected chi connectivity index (χ3v) is 10.5. The van der Waals surface area contributed by atoms with Crippen molar-refractivity contribution in [3.63, 3.8) is 0 Å². The first-order valence-electron chi connectivity index (χ1n) is 16.4. The number of nitrogens with zero attached hydrogens (tertiary/aromatic N) is 1. The van der Waals surface area contributed by atoms with Crippen LogP contribution in [0.1, 0.15) is 31.4 Å². The lowest BCUT2D eigenvalue weighted by atomic mass is 10.0. The maximum atomic E-state index is 13.9. The molecular formula is C35H40F2N2O10S. The van der Waals surface area contributed by atoms with E-state index >= 15 is 0 Å². The van der Waals surface area contributed by atoms with E-state index in [-0.39, 0.29) is 56.2 Å². The van der Waals surface area contributed by atoms with E-state index in [9.17, 15) is 27.1 Å². The number of hydrogen-bond acceptors (Lipinski definition) is 10. The first-order chi connectivity index (χ1) is 23.9. The topological polar surface area (TPSA) is 142 Å². The number of rotatable bonds is 14. The molecule has 50 heavy (non-hydrogen) atoms. The number of carbonyl (C=O) groups is 1. The SMILES string of the molecule is CC(C)CN(C[C@@H](O)[C@H](Cc1ccc(OCc2cc(F)cc(F)c2)cc1)NC(=O)O[C@H]1CO[C@H]2OCC[C@H]21)S(=O)(=O)c1ccc2c(c1)OCO2. The van der Waals surface area contributed by atoms with Crippen LogP contribution >= 0.6 is 0 Å². The van der Waals surface area contributed by atoms with Crippen LogP contribution in [-0.4, -0.2) is 81.6 Å². The smallest absolute Gasteiger partial charge is 0.407 e. The van der Waals surface area contributed by atoms with Crippen LogP contribution in [0, 0.1) is 23.5 Å². The fraction of sp³-hybridized carbons (Fsp3) is 0.457. The van der Waals surface area contributed by atoms with Crippen molar-refractivity contribution in [1.29, 1.82) is 0 Å². The number of nitrogens with one attached hydrogen (secondary N) is 1. The van der Waals surface area contributed by atoms with Crippen LogP contribution in [0.25, 0.3) is 0 Å². The van der Waals surface area contributed by atoms with E-state index in [0.717, 1.165) is 6.07 Å². The molecule has 0 unspecified atom stereocenters. The third kappa shape index (κ3) is 8.64. The maximum Gasteiger partial charge on any atom is 0.407 e. The van der Waals surface area contributed by atoms with Crippen LogP contribution < -0.4 is 19.5 Å². The van der Waals surface area contributed by atoms with Gasteiger partial charge in [-0.05, 0) is 66.3 Å². The lowest BCUT2D eigenvalue weighted by molar-refractivity contribution is -0.0907. The van der Waals surface area contributed by atoms with E-state index in [1.807, 2.05) is 13.8 Å². The number of fused-ring (bicyclic) bond motifs is 2. The van der Waals surface area contributed by atoms with Gasteiger partial charge in [-0.15, -0.1) is 0 Å². The summed E-state index contributed by atoms with van der Waals surface area (Å²) in [7, 11) is -4.12. The Kier molecular flexibility index (Phi) is 11.1. The number of benzene rings is 3. The molecule has 5 atom stereocenters. The summed E-state index contributed by atoms with van der Waals surface area (Å²) in [6.07, 6.45) is -2.34. The molecule has 1 amide bonds. The van der Waals surface area contributed by atoms with Crippen LogP contribution in [0.2, 0.25) is 0 Å². The second-order valence-corrected chi connectivity index (χ2v) is 14.9. The van der Waals surface area contributed by atoms with Gasteiger partial charge in [0.15, 0.2) is 17.8 Å². The van der Waals surface area contributed by atoms with Gasteiger partial charge >= 0.3 is 6.09 Å². The van der Waals surface area contributed by atoms with E-state index in [1.54, 1.807) is 24.3 Å². The molecule has 6 rings (SSSR count). The highest BCUT2D eigenvalue weighted by Crippen LogP contribution is 2.35. The Morgan fingerprint density at radius 2 is 1.72 bits per heavy atom. The molecule has 2 saturated heterocycles. The largest absolute Gasteiger partial charge is 0.489 e. The molecule has 0 saturated carbocycles. The van der Waals surface area contributed by atoms with Gasteiger partial charge in [0.2, 0.25) is 16.8 Å². The minimum absolute atomic E-state index is 0.0157. The van der Waals surface area contributed by atoms with Crippen LogP contribution in [0.3, 0.4) is 0 Å². The van der Waals surface area contributed by atoms with Gasteiger partial charge in [0.25, 0.3) is 0 Å². The van der Waals surface area contributed by atoms with Crippen molar-refractivity contribution < 1.29 is 55.5 Å². The molecule has 0 bridgehead atoms. The quantitative estimate of drug-likeness (QED) is 0.247. The van der Waals surface area contributed by atoms with E-state index in [0.29, 0.717) is 41.4 Å². The standard InChI is InChI=1S/C35H40F2N2O10S/c1-21(2)16-39(50(42,43)27-7-8-31-32(15-27)48-20-47-31)17-30(40)29(38-35(41)49-33-19-46-34-28(33)9-10-44-34)13-22-3-5-26(6-4-22)45-18-23-11-24(36)14-25(37)12-23/h3-8,11-12,14-15,21,28-30,33-34,40H,9-10,13,16-20H2,1-2H3,(H,38,41)/t28-,29-,30+,33-,34+/m0/s1. The Bertz CT molecular complexity index is 1740. The predicted molar refractivity (Wildman–Crippen MR) is 174 cm³/mol. The Morgan fingerprint density at radius 3 is 2.46 bits per heavy atom. The van der Waals surface area contributed by atoms with Crippen molar-refractivity contribution in [2.24, 2.45) is 11.8 Å². The van der Waals surface area contributed by atoms with Gasteiger partial charge in [-0.2, -0.15) is 4.31 Å². The molecule has 270 valence electrons. The molecule has 2 fully saturated rings. The molecule has 0 radical (unpaired) electrons. The van der Waals surface area contributed by atoms with E-state index < -0.39 is 52.3 Å². The summed E-state index contributed by atoms with van der Waals surface area (Å²) in [6, 6.07) is 13.2. The summed E-state index contributed by atoms with van der Waals surface area (Å²) in [4.78, 5) is 13.2. The van der Waals surface area contributed by atoms with Gasteiger partial charge in [-0.3, -0.25) is 0 Å². The van der Waals surface area contributed by atoms with Crippen molar-refractivity contribution in [2.75, 3.05) is 33.1 Å². The average Bonchev–Trinajstić information content (AvgIpc) is 3.82. The molecule has 2 N–H and O–H groups in total. The monoisotopic (exact) mass is 718 g/mol. The molecule has 3 aliphatic heterocycles. The minimum atomic E-state index is -4.12. The van der Waals surface area contributed by atoms with Gasteiger partial charge in [-0.1, -0.05) is 26.0 Å². The number of ether oxygens (including phenoxy) is 6. The fourth-order valence-corrected chi connectivity index (χ4v) is 7.83. The number of halogens is 2. The third-order valence-electron chi connectivity index (χ3n) is 8.66. The molecular weight excluding hydrogens is 678 g/mol. The highest BCUT2D eigenvalue weighted by atomic mass is 32.2. The van der Waals surface area contributed by atoms with Crippen molar-refractivity contribution in [3.8, 4) is 17.2 Å². The van der Waals surface area contributed by atoms with Crippen LogP contribution in [0.4, 0.5) is 13.6 Å². The van der Waals surface area contributed by atoms with Gasteiger partial charge in [0.1, 0.15) is 30.1 Å².